The first-order chi connectivity index (χ1) is 9.04. The molecule has 1 rings (SSSR count). The Balaban J connectivity index is 2.22. The molecule has 106 valence electrons. The summed E-state index contributed by atoms with van der Waals surface area (Å²) in [5.41, 5.74) is 0. The van der Waals surface area contributed by atoms with E-state index in [2.05, 4.69) is 10.2 Å². The van der Waals surface area contributed by atoms with Gasteiger partial charge in [0.1, 0.15) is 0 Å². The standard InChI is InChI=1S/C12H18N2O5/c1-2-3-8-13-9(15)4-7-12(18)19-14-10(16)5-6-11(14)17/h2-8H2,1H3,(H,13,15). The molecule has 0 radical (unpaired) electrons. The molecule has 0 bridgehead atoms. The second-order valence-corrected chi connectivity index (χ2v) is 4.25. The van der Waals surface area contributed by atoms with Crippen molar-refractivity contribution in [3.8, 4) is 0 Å². The lowest BCUT2D eigenvalue weighted by molar-refractivity contribution is -0.197. The first-order valence-corrected chi connectivity index (χ1v) is 6.38. The van der Waals surface area contributed by atoms with Gasteiger partial charge in [0.25, 0.3) is 11.8 Å². The van der Waals surface area contributed by atoms with Crippen LogP contribution in [-0.4, -0.2) is 35.3 Å². The fourth-order valence-corrected chi connectivity index (χ4v) is 1.51. The van der Waals surface area contributed by atoms with Crippen molar-refractivity contribution < 1.29 is 24.0 Å². The Morgan fingerprint density at radius 1 is 1.21 bits per heavy atom. The maximum absolute atomic E-state index is 11.4. The molecule has 1 saturated heterocycles. The number of carbonyl (C=O) groups excluding carboxylic acids is 4. The van der Waals surface area contributed by atoms with E-state index >= 15 is 0 Å². The van der Waals surface area contributed by atoms with Gasteiger partial charge in [-0.2, -0.15) is 0 Å². The van der Waals surface area contributed by atoms with Crippen LogP contribution in [0.2, 0.25) is 0 Å². The SMILES string of the molecule is CCCCNC(=O)CCC(=O)ON1C(=O)CCC1=O. The largest absolute Gasteiger partial charge is 0.356 e. The van der Waals surface area contributed by atoms with Crippen LogP contribution in [0.5, 0.6) is 0 Å². The quantitative estimate of drug-likeness (QED) is 0.530. The van der Waals surface area contributed by atoms with Gasteiger partial charge < -0.3 is 10.2 Å². The van der Waals surface area contributed by atoms with Crippen molar-refractivity contribution in [3.63, 3.8) is 0 Å². The number of nitrogens with zero attached hydrogens (tertiary/aromatic N) is 1. The van der Waals surface area contributed by atoms with Crippen LogP contribution in [-0.2, 0) is 24.0 Å². The summed E-state index contributed by atoms with van der Waals surface area (Å²) in [5, 5.41) is 3.14. The number of carbonyl (C=O) groups is 4. The van der Waals surface area contributed by atoms with Crippen molar-refractivity contribution in [2.75, 3.05) is 6.54 Å². The molecule has 7 nitrogen and oxygen atoms in total. The van der Waals surface area contributed by atoms with Crippen molar-refractivity contribution in [3.05, 3.63) is 0 Å². The van der Waals surface area contributed by atoms with Crippen molar-refractivity contribution >= 4 is 23.7 Å². The second-order valence-electron chi connectivity index (χ2n) is 4.25. The number of hydroxylamine groups is 2. The van der Waals surface area contributed by atoms with E-state index in [-0.39, 0.29) is 31.6 Å². The maximum atomic E-state index is 11.4. The number of hydrogen-bond acceptors (Lipinski definition) is 5. The summed E-state index contributed by atoms with van der Waals surface area (Å²) in [7, 11) is 0. The van der Waals surface area contributed by atoms with Crippen LogP contribution in [0.25, 0.3) is 0 Å². The fourth-order valence-electron chi connectivity index (χ4n) is 1.51. The molecule has 0 spiro atoms. The van der Waals surface area contributed by atoms with E-state index in [1.54, 1.807) is 0 Å². The molecule has 0 aromatic carbocycles. The van der Waals surface area contributed by atoms with Gasteiger partial charge in [-0.15, -0.1) is 5.06 Å². The average Bonchev–Trinajstić information content (AvgIpc) is 2.68. The zero-order valence-electron chi connectivity index (χ0n) is 10.9. The topological polar surface area (TPSA) is 92.8 Å². The lowest BCUT2D eigenvalue weighted by atomic mass is 10.3. The molecular weight excluding hydrogens is 252 g/mol. The number of unbranched alkanes of at least 4 members (excludes halogenated alkanes) is 1. The normalized spacial score (nSPS) is 14.7. The molecule has 1 aliphatic heterocycles. The third-order valence-corrected chi connectivity index (χ3v) is 2.61. The van der Waals surface area contributed by atoms with E-state index in [0.29, 0.717) is 11.6 Å². The molecule has 1 fully saturated rings. The molecule has 3 amide bonds. The Labute approximate surface area is 111 Å². The van der Waals surface area contributed by atoms with Crippen LogP contribution < -0.4 is 5.32 Å². The van der Waals surface area contributed by atoms with Crippen LogP contribution >= 0.6 is 0 Å². The van der Waals surface area contributed by atoms with Gasteiger partial charge in [0.05, 0.1) is 6.42 Å². The van der Waals surface area contributed by atoms with Gasteiger partial charge in [-0.1, -0.05) is 13.3 Å². The van der Waals surface area contributed by atoms with E-state index in [1.807, 2.05) is 6.92 Å². The van der Waals surface area contributed by atoms with E-state index < -0.39 is 17.8 Å². The summed E-state index contributed by atoms with van der Waals surface area (Å²) in [6, 6.07) is 0. The lowest BCUT2D eigenvalue weighted by Gasteiger charge is -2.12. The van der Waals surface area contributed by atoms with Gasteiger partial charge in [-0.25, -0.2) is 4.79 Å². The summed E-state index contributed by atoms with van der Waals surface area (Å²) in [6.07, 6.45) is 1.80. The molecule has 0 unspecified atom stereocenters. The highest BCUT2D eigenvalue weighted by Gasteiger charge is 2.32. The van der Waals surface area contributed by atoms with Crippen molar-refractivity contribution in [1.29, 1.82) is 0 Å². The van der Waals surface area contributed by atoms with E-state index in [4.69, 9.17) is 0 Å². The zero-order chi connectivity index (χ0) is 14.3. The molecule has 0 aromatic heterocycles. The molecule has 1 aliphatic rings. The average molecular weight is 270 g/mol. The number of nitrogens with one attached hydrogen (secondary N) is 1. The molecular formula is C12H18N2O5. The van der Waals surface area contributed by atoms with E-state index in [9.17, 15) is 19.2 Å². The van der Waals surface area contributed by atoms with Crippen LogP contribution in [0, 0.1) is 0 Å². The number of hydrogen-bond donors (Lipinski definition) is 1. The molecule has 1 heterocycles. The number of rotatable bonds is 7. The first-order valence-electron chi connectivity index (χ1n) is 6.38. The van der Waals surface area contributed by atoms with Crippen LogP contribution in [0.1, 0.15) is 45.4 Å². The molecule has 7 heteroatoms. The number of amides is 3. The molecule has 0 saturated carbocycles. The highest BCUT2D eigenvalue weighted by Crippen LogP contribution is 2.12. The smallest absolute Gasteiger partial charge is 0.333 e. The highest BCUT2D eigenvalue weighted by molar-refractivity contribution is 6.01. The fraction of sp³-hybridized carbons (Fsp3) is 0.667. The lowest BCUT2D eigenvalue weighted by Crippen LogP contribution is -2.32. The van der Waals surface area contributed by atoms with Gasteiger partial charge in [0, 0.05) is 25.8 Å². The van der Waals surface area contributed by atoms with Crippen LogP contribution in [0.15, 0.2) is 0 Å². The Bertz CT molecular complexity index is 364. The molecule has 0 atom stereocenters. The minimum Gasteiger partial charge on any atom is -0.356 e. The molecule has 19 heavy (non-hydrogen) atoms. The summed E-state index contributed by atoms with van der Waals surface area (Å²) in [6.45, 7) is 2.58. The molecule has 1 N–H and O–H groups in total. The highest BCUT2D eigenvalue weighted by atomic mass is 16.7. The van der Waals surface area contributed by atoms with Crippen LogP contribution in [0.3, 0.4) is 0 Å². The van der Waals surface area contributed by atoms with Gasteiger partial charge in [-0.3, -0.25) is 14.4 Å². The summed E-state index contributed by atoms with van der Waals surface area (Å²) in [4.78, 5) is 49.7. The Morgan fingerprint density at radius 2 is 1.84 bits per heavy atom. The minimum atomic E-state index is -0.755. The first kappa shape index (κ1) is 15.1. The Morgan fingerprint density at radius 3 is 2.42 bits per heavy atom. The maximum Gasteiger partial charge on any atom is 0.333 e. The molecule has 0 aliphatic carbocycles. The minimum absolute atomic E-state index is 0.0151. The third kappa shape index (κ3) is 5.07. The predicted molar refractivity (Wildman–Crippen MR) is 64.3 cm³/mol. The number of imide groups is 1. The van der Waals surface area contributed by atoms with E-state index in [0.717, 1.165) is 12.8 Å². The van der Waals surface area contributed by atoms with Crippen molar-refractivity contribution in [1.82, 2.24) is 10.4 Å². The third-order valence-electron chi connectivity index (χ3n) is 2.61. The summed E-state index contributed by atoms with van der Waals surface area (Å²) >= 11 is 0. The van der Waals surface area contributed by atoms with Gasteiger partial charge in [0.2, 0.25) is 5.91 Å². The van der Waals surface area contributed by atoms with Gasteiger partial charge in [-0.05, 0) is 6.42 Å². The Hall–Kier alpha value is -1.92. The second kappa shape index (κ2) is 7.50. The molecule has 0 aromatic rings. The Kier molecular flexibility index (Phi) is 5.98. The van der Waals surface area contributed by atoms with Gasteiger partial charge >= 0.3 is 5.97 Å². The van der Waals surface area contributed by atoms with Crippen LogP contribution in [0.4, 0.5) is 0 Å². The van der Waals surface area contributed by atoms with Crippen molar-refractivity contribution in [2.24, 2.45) is 0 Å². The monoisotopic (exact) mass is 270 g/mol. The van der Waals surface area contributed by atoms with E-state index in [1.165, 1.54) is 0 Å². The summed E-state index contributed by atoms with van der Waals surface area (Å²) < 4.78 is 0. The van der Waals surface area contributed by atoms with Gasteiger partial charge in [0.15, 0.2) is 0 Å². The predicted octanol–water partition coefficient (Wildman–Crippen LogP) is 0.290. The summed E-state index contributed by atoms with van der Waals surface area (Å²) in [5.74, 6) is -2.05. The zero-order valence-corrected chi connectivity index (χ0v) is 10.9. The van der Waals surface area contributed by atoms with Crippen molar-refractivity contribution in [2.45, 2.75) is 45.4 Å².